The van der Waals surface area contributed by atoms with E-state index < -0.39 is 6.23 Å². The van der Waals surface area contributed by atoms with Crippen molar-refractivity contribution in [3.63, 3.8) is 0 Å². The first-order valence-electron chi connectivity index (χ1n) is 4.92. The Kier molecular flexibility index (Phi) is 2.46. The number of aliphatic hydroxyl groups excluding tert-OH is 1. The molecule has 0 aliphatic rings. The maximum atomic E-state index is 9.62. The van der Waals surface area contributed by atoms with E-state index in [1.54, 1.807) is 7.05 Å². The van der Waals surface area contributed by atoms with Gasteiger partial charge in [-0.25, -0.2) is 4.98 Å². The van der Waals surface area contributed by atoms with Crippen molar-refractivity contribution in [3.05, 3.63) is 29.6 Å². The first-order valence-corrected chi connectivity index (χ1v) is 4.92. The SMILES string of the molecule is CNC(O)c1ccc2c(c1)nc(C)n2C. The second kappa shape index (κ2) is 3.64. The molecule has 0 spiro atoms. The van der Waals surface area contributed by atoms with Crippen LogP contribution in [0.25, 0.3) is 11.0 Å². The van der Waals surface area contributed by atoms with E-state index in [1.165, 1.54) is 0 Å². The van der Waals surface area contributed by atoms with Crippen molar-refractivity contribution in [2.75, 3.05) is 7.05 Å². The monoisotopic (exact) mass is 205 g/mol. The van der Waals surface area contributed by atoms with Gasteiger partial charge in [-0.2, -0.15) is 0 Å². The van der Waals surface area contributed by atoms with Crippen LogP contribution in [0.2, 0.25) is 0 Å². The molecule has 0 bridgehead atoms. The lowest BCUT2D eigenvalue weighted by Gasteiger charge is -2.08. The van der Waals surface area contributed by atoms with Crippen molar-refractivity contribution in [1.82, 2.24) is 14.9 Å². The number of fused-ring (bicyclic) bond motifs is 1. The van der Waals surface area contributed by atoms with Gasteiger partial charge in [0.15, 0.2) is 0 Å². The summed E-state index contributed by atoms with van der Waals surface area (Å²) in [4.78, 5) is 4.41. The fraction of sp³-hybridized carbons (Fsp3) is 0.364. The van der Waals surface area contributed by atoms with Gasteiger partial charge in [0.1, 0.15) is 12.1 Å². The van der Waals surface area contributed by atoms with Gasteiger partial charge in [-0.15, -0.1) is 0 Å². The number of imidazole rings is 1. The van der Waals surface area contributed by atoms with Crippen molar-refractivity contribution in [2.45, 2.75) is 13.2 Å². The van der Waals surface area contributed by atoms with Crippen molar-refractivity contribution in [1.29, 1.82) is 0 Å². The van der Waals surface area contributed by atoms with E-state index in [0.29, 0.717) is 0 Å². The number of nitrogens with one attached hydrogen (secondary N) is 1. The molecule has 15 heavy (non-hydrogen) atoms. The van der Waals surface area contributed by atoms with Crippen molar-refractivity contribution >= 4 is 11.0 Å². The number of benzene rings is 1. The second-order valence-electron chi connectivity index (χ2n) is 3.66. The maximum absolute atomic E-state index is 9.62. The van der Waals surface area contributed by atoms with E-state index in [0.717, 1.165) is 22.4 Å². The summed E-state index contributed by atoms with van der Waals surface area (Å²) in [6.07, 6.45) is -0.628. The van der Waals surface area contributed by atoms with Gasteiger partial charge >= 0.3 is 0 Å². The summed E-state index contributed by atoms with van der Waals surface area (Å²) in [6.45, 7) is 1.97. The Morgan fingerprint density at radius 2 is 2.20 bits per heavy atom. The van der Waals surface area contributed by atoms with Crippen LogP contribution in [0, 0.1) is 6.92 Å². The molecule has 1 aromatic heterocycles. The Morgan fingerprint density at radius 1 is 1.47 bits per heavy atom. The molecule has 0 radical (unpaired) electrons. The average molecular weight is 205 g/mol. The van der Waals surface area contributed by atoms with Gasteiger partial charge in [-0.3, -0.25) is 5.32 Å². The lowest BCUT2D eigenvalue weighted by molar-refractivity contribution is 0.149. The minimum absolute atomic E-state index is 0.628. The van der Waals surface area contributed by atoms with Crippen LogP contribution in [-0.2, 0) is 7.05 Å². The minimum atomic E-state index is -0.628. The third-order valence-corrected chi connectivity index (χ3v) is 2.72. The van der Waals surface area contributed by atoms with Crippen molar-refractivity contribution < 1.29 is 5.11 Å². The van der Waals surface area contributed by atoms with Crippen LogP contribution >= 0.6 is 0 Å². The van der Waals surface area contributed by atoms with Crippen LogP contribution in [0.4, 0.5) is 0 Å². The molecule has 0 fully saturated rings. The van der Waals surface area contributed by atoms with Crippen molar-refractivity contribution in [2.24, 2.45) is 7.05 Å². The summed E-state index contributed by atoms with van der Waals surface area (Å²) in [5.74, 6) is 0.973. The normalized spacial score (nSPS) is 13.3. The zero-order chi connectivity index (χ0) is 11.0. The van der Waals surface area contributed by atoms with Crippen LogP contribution in [0.15, 0.2) is 18.2 Å². The van der Waals surface area contributed by atoms with Gasteiger partial charge in [-0.05, 0) is 31.7 Å². The molecule has 1 aromatic carbocycles. The number of nitrogens with zero attached hydrogens (tertiary/aromatic N) is 2. The summed E-state index contributed by atoms with van der Waals surface area (Å²) >= 11 is 0. The number of aliphatic hydroxyl groups is 1. The Hall–Kier alpha value is -1.39. The molecule has 2 rings (SSSR count). The molecule has 4 nitrogen and oxygen atoms in total. The highest BCUT2D eigenvalue weighted by Gasteiger charge is 2.08. The van der Waals surface area contributed by atoms with Gasteiger partial charge < -0.3 is 9.67 Å². The van der Waals surface area contributed by atoms with Gasteiger partial charge in [0.25, 0.3) is 0 Å². The smallest absolute Gasteiger partial charge is 0.130 e. The molecular formula is C11H15N3O. The minimum Gasteiger partial charge on any atom is -0.374 e. The zero-order valence-electron chi connectivity index (χ0n) is 9.15. The number of hydrogen-bond acceptors (Lipinski definition) is 3. The topological polar surface area (TPSA) is 50.1 Å². The first kappa shape index (κ1) is 10.1. The Labute approximate surface area is 88.6 Å². The second-order valence-corrected chi connectivity index (χ2v) is 3.66. The average Bonchev–Trinajstić information content (AvgIpc) is 2.53. The maximum Gasteiger partial charge on any atom is 0.130 e. The molecule has 1 heterocycles. The van der Waals surface area contributed by atoms with Crippen LogP contribution in [-0.4, -0.2) is 21.7 Å². The summed E-state index contributed by atoms with van der Waals surface area (Å²) in [6, 6.07) is 5.79. The Morgan fingerprint density at radius 3 is 2.87 bits per heavy atom. The zero-order valence-corrected chi connectivity index (χ0v) is 9.15. The molecule has 2 N–H and O–H groups in total. The lowest BCUT2D eigenvalue weighted by atomic mass is 10.2. The van der Waals surface area contributed by atoms with Crippen LogP contribution in [0.5, 0.6) is 0 Å². The van der Waals surface area contributed by atoms with E-state index in [1.807, 2.05) is 36.7 Å². The van der Waals surface area contributed by atoms with E-state index in [-0.39, 0.29) is 0 Å². The largest absolute Gasteiger partial charge is 0.374 e. The molecule has 80 valence electrons. The number of hydrogen-bond donors (Lipinski definition) is 2. The summed E-state index contributed by atoms with van der Waals surface area (Å²) in [5.41, 5.74) is 2.84. The summed E-state index contributed by atoms with van der Waals surface area (Å²) < 4.78 is 2.03. The predicted octanol–water partition coefficient (Wildman–Crippen LogP) is 1.09. The molecule has 1 atom stereocenters. The Bertz CT molecular complexity index is 490. The molecule has 0 saturated carbocycles. The van der Waals surface area contributed by atoms with Crippen LogP contribution < -0.4 is 5.32 Å². The summed E-state index contributed by atoms with van der Waals surface area (Å²) in [5, 5.41) is 12.4. The lowest BCUT2D eigenvalue weighted by Crippen LogP contribution is -2.14. The van der Waals surface area contributed by atoms with Crippen LogP contribution in [0.3, 0.4) is 0 Å². The number of rotatable bonds is 2. The molecule has 4 heteroatoms. The van der Waals surface area contributed by atoms with Gasteiger partial charge in [0, 0.05) is 7.05 Å². The molecule has 2 aromatic rings. The standard InChI is InChI=1S/C11H15N3O/c1-7-13-9-6-8(11(15)12-2)4-5-10(9)14(7)3/h4-6,11-12,15H,1-3H3. The first-order chi connectivity index (χ1) is 7.13. The number of aromatic nitrogens is 2. The number of aryl methyl sites for hydroxylation is 2. The Balaban J connectivity index is 2.57. The van der Waals surface area contributed by atoms with E-state index in [2.05, 4.69) is 10.3 Å². The predicted molar refractivity (Wildman–Crippen MR) is 59.5 cm³/mol. The molecule has 0 amide bonds. The van der Waals surface area contributed by atoms with Gasteiger partial charge in [0.2, 0.25) is 0 Å². The fourth-order valence-electron chi connectivity index (χ4n) is 1.67. The third-order valence-electron chi connectivity index (χ3n) is 2.72. The summed E-state index contributed by atoms with van der Waals surface area (Å²) in [7, 11) is 3.71. The fourth-order valence-corrected chi connectivity index (χ4v) is 1.67. The third kappa shape index (κ3) is 1.62. The highest BCUT2D eigenvalue weighted by molar-refractivity contribution is 5.76. The van der Waals surface area contributed by atoms with E-state index in [9.17, 15) is 5.11 Å². The van der Waals surface area contributed by atoms with E-state index in [4.69, 9.17) is 0 Å². The molecule has 0 saturated heterocycles. The van der Waals surface area contributed by atoms with E-state index >= 15 is 0 Å². The molecule has 1 unspecified atom stereocenters. The van der Waals surface area contributed by atoms with Gasteiger partial charge in [0.05, 0.1) is 11.0 Å². The van der Waals surface area contributed by atoms with Gasteiger partial charge in [-0.1, -0.05) is 6.07 Å². The quantitative estimate of drug-likeness (QED) is 0.722. The van der Waals surface area contributed by atoms with Crippen LogP contribution in [0.1, 0.15) is 17.6 Å². The highest BCUT2D eigenvalue weighted by Crippen LogP contribution is 2.19. The molecule has 0 aliphatic carbocycles. The van der Waals surface area contributed by atoms with Crippen molar-refractivity contribution in [3.8, 4) is 0 Å². The molecule has 0 aliphatic heterocycles. The molecular weight excluding hydrogens is 190 g/mol. The highest BCUT2D eigenvalue weighted by atomic mass is 16.3.